The maximum atomic E-state index is 13.4. The lowest BCUT2D eigenvalue weighted by molar-refractivity contribution is 0.102. The van der Waals surface area contributed by atoms with Gasteiger partial charge < -0.3 is 5.32 Å². The molecule has 0 saturated carbocycles. The van der Waals surface area contributed by atoms with Crippen LogP contribution in [0.3, 0.4) is 0 Å². The zero-order valence-electron chi connectivity index (χ0n) is 17.6. The van der Waals surface area contributed by atoms with Gasteiger partial charge in [-0.25, -0.2) is 4.98 Å². The number of rotatable bonds is 4. The summed E-state index contributed by atoms with van der Waals surface area (Å²) < 4.78 is 0. The Labute approximate surface area is 192 Å². The first-order chi connectivity index (χ1) is 14.9. The molecule has 0 spiro atoms. The smallest absolute Gasteiger partial charge is 0.256 e. The number of anilines is 1. The maximum Gasteiger partial charge on any atom is 0.256 e. The Hall–Kier alpha value is -2.88. The second kappa shape index (κ2) is 8.70. The van der Waals surface area contributed by atoms with Gasteiger partial charge in [0.15, 0.2) is 0 Å². The van der Waals surface area contributed by atoms with Crippen molar-refractivity contribution in [2.75, 3.05) is 5.32 Å². The van der Waals surface area contributed by atoms with Gasteiger partial charge in [-0.2, -0.15) is 0 Å². The van der Waals surface area contributed by atoms with Crippen molar-refractivity contribution in [2.45, 2.75) is 27.2 Å². The fraction of sp³-hybridized carbons (Fsp3) is 0.154. The zero-order valence-corrected chi connectivity index (χ0v) is 19.1. The molecule has 156 valence electrons. The normalized spacial score (nSPS) is 11.0. The number of carbonyl (C=O) groups is 1. The van der Waals surface area contributed by atoms with Crippen molar-refractivity contribution in [2.24, 2.45) is 0 Å². The van der Waals surface area contributed by atoms with Crippen LogP contribution in [0.1, 0.15) is 34.0 Å². The Balaban J connectivity index is 1.91. The van der Waals surface area contributed by atoms with Crippen molar-refractivity contribution in [3.05, 3.63) is 93.0 Å². The van der Waals surface area contributed by atoms with Crippen LogP contribution in [-0.4, -0.2) is 10.9 Å². The highest BCUT2D eigenvalue weighted by Crippen LogP contribution is 2.33. The van der Waals surface area contributed by atoms with E-state index in [0.29, 0.717) is 21.3 Å². The fourth-order valence-corrected chi connectivity index (χ4v) is 4.35. The molecule has 1 amide bonds. The Morgan fingerprint density at radius 2 is 1.77 bits per heavy atom. The number of pyridine rings is 1. The molecule has 0 unspecified atom stereocenters. The minimum absolute atomic E-state index is 0.176. The highest BCUT2D eigenvalue weighted by molar-refractivity contribution is 6.36. The highest BCUT2D eigenvalue weighted by atomic mass is 35.5. The van der Waals surface area contributed by atoms with E-state index < -0.39 is 0 Å². The number of aromatic nitrogens is 1. The lowest BCUT2D eigenvalue weighted by atomic mass is 9.99. The van der Waals surface area contributed by atoms with Crippen LogP contribution in [0.4, 0.5) is 5.69 Å². The number of hydrogen-bond donors (Lipinski definition) is 1. The third-order valence-corrected chi connectivity index (χ3v) is 5.89. The second-order valence-corrected chi connectivity index (χ2v) is 8.47. The first-order valence-corrected chi connectivity index (χ1v) is 10.9. The SMILES string of the molecule is CCc1ccccc1NC(=O)c1cc(-c2ccc(Cl)cc2Cl)nc2c(C)cc(C)cc12. The number of fused-ring (bicyclic) bond motifs is 1. The predicted molar refractivity (Wildman–Crippen MR) is 130 cm³/mol. The van der Waals surface area contributed by atoms with E-state index in [1.54, 1.807) is 18.2 Å². The number of halogens is 2. The van der Waals surface area contributed by atoms with Crippen molar-refractivity contribution in [3.63, 3.8) is 0 Å². The second-order valence-electron chi connectivity index (χ2n) is 7.62. The van der Waals surface area contributed by atoms with E-state index in [2.05, 4.69) is 18.3 Å². The molecule has 0 aliphatic rings. The van der Waals surface area contributed by atoms with Crippen molar-refractivity contribution in [1.82, 2.24) is 4.98 Å². The lowest BCUT2D eigenvalue weighted by Crippen LogP contribution is -2.14. The molecule has 1 heterocycles. The molecular weight excluding hydrogens is 427 g/mol. The predicted octanol–water partition coefficient (Wildman–Crippen LogP) is 7.64. The van der Waals surface area contributed by atoms with E-state index in [0.717, 1.165) is 45.3 Å². The summed E-state index contributed by atoms with van der Waals surface area (Å²) in [6.07, 6.45) is 0.831. The summed E-state index contributed by atoms with van der Waals surface area (Å²) in [5.41, 5.74) is 6.69. The number of amides is 1. The van der Waals surface area contributed by atoms with Gasteiger partial charge in [-0.05, 0) is 67.8 Å². The standard InChI is InChI=1S/C26H22Cl2N2O/c1-4-17-7-5-6-8-23(17)30-26(31)21-14-24(19-10-9-18(27)13-22(19)28)29-25-16(3)11-15(2)12-20(21)25/h5-14H,4H2,1-3H3,(H,30,31). The summed E-state index contributed by atoms with van der Waals surface area (Å²) in [7, 11) is 0. The fourth-order valence-electron chi connectivity index (χ4n) is 3.84. The van der Waals surface area contributed by atoms with Crippen LogP contribution in [0.5, 0.6) is 0 Å². The van der Waals surface area contributed by atoms with E-state index in [1.807, 2.05) is 50.2 Å². The molecule has 0 saturated heterocycles. The van der Waals surface area contributed by atoms with E-state index in [4.69, 9.17) is 28.2 Å². The maximum absolute atomic E-state index is 13.4. The molecule has 1 N–H and O–H groups in total. The number of nitrogens with zero attached hydrogens (tertiary/aromatic N) is 1. The summed E-state index contributed by atoms with van der Waals surface area (Å²) in [4.78, 5) is 18.3. The largest absolute Gasteiger partial charge is 0.322 e. The molecule has 1 aromatic heterocycles. The van der Waals surface area contributed by atoms with E-state index in [9.17, 15) is 4.79 Å². The van der Waals surface area contributed by atoms with Gasteiger partial charge in [0.25, 0.3) is 5.91 Å². The van der Waals surface area contributed by atoms with Crippen LogP contribution in [-0.2, 0) is 6.42 Å². The molecule has 3 aromatic carbocycles. The molecule has 0 aliphatic carbocycles. The average molecular weight is 449 g/mol. The molecule has 0 radical (unpaired) electrons. The monoisotopic (exact) mass is 448 g/mol. The lowest BCUT2D eigenvalue weighted by Gasteiger charge is -2.15. The average Bonchev–Trinajstić information content (AvgIpc) is 2.73. The number of para-hydroxylation sites is 1. The van der Waals surface area contributed by atoms with Gasteiger partial charge >= 0.3 is 0 Å². The van der Waals surface area contributed by atoms with Gasteiger partial charge in [0, 0.05) is 21.7 Å². The third kappa shape index (κ3) is 4.30. The third-order valence-electron chi connectivity index (χ3n) is 5.35. The summed E-state index contributed by atoms with van der Waals surface area (Å²) in [6.45, 7) is 6.09. The Morgan fingerprint density at radius 3 is 2.52 bits per heavy atom. The summed E-state index contributed by atoms with van der Waals surface area (Å²) in [5.74, 6) is -0.176. The first-order valence-electron chi connectivity index (χ1n) is 10.1. The van der Waals surface area contributed by atoms with Crippen LogP contribution in [0, 0.1) is 13.8 Å². The molecule has 31 heavy (non-hydrogen) atoms. The quantitative estimate of drug-likeness (QED) is 0.348. The number of aryl methyl sites for hydroxylation is 3. The molecule has 0 atom stereocenters. The summed E-state index contributed by atoms with van der Waals surface area (Å²) >= 11 is 12.5. The molecule has 0 fully saturated rings. The molecule has 4 aromatic rings. The molecule has 0 bridgehead atoms. The van der Waals surface area contributed by atoms with Crippen molar-refractivity contribution in [1.29, 1.82) is 0 Å². The minimum Gasteiger partial charge on any atom is -0.322 e. The zero-order chi connectivity index (χ0) is 22.1. The van der Waals surface area contributed by atoms with Crippen molar-refractivity contribution >= 4 is 45.7 Å². The Kier molecular flexibility index (Phi) is 5.99. The van der Waals surface area contributed by atoms with Gasteiger partial charge in [0.05, 0.1) is 21.8 Å². The Morgan fingerprint density at radius 1 is 1.00 bits per heavy atom. The van der Waals surface area contributed by atoms with Crippen LogP contribution in [0.2, 0.25) is 10.0 Å². The number of benzene rings is 3. The van der Waals surface area contributed by atoms with Crippen molar-refractivity contribution < 1.29 is 4.79 Å². The van der Waals surface area contributed by atoms with Crippen molar-refractivity contribution in [3.8, 4) is 11.3 Å². The van der Waals surface area contributed by atoms with Gasteiger partial charge in [0.1, 0.15) is 0 Å². The van der Waals surface area contributed by atoms with Crippen LogP contribution in [0.25, 0.3) is 22.2 Å². The van der Waals surface area contributed by atoms with Crippen LogP contribution >= 0.6 is 23.2 Å². The van der Waals surface area contributed by atoms with Crippen LogP contribution in [0.15, 0.2) is 60.7 Å². The Bertz CT molecular complexity index is 1310. The molecule has 5 heteroatoms. The highest BCUT2D eigenvalue weighted by Gasteiger charge is 2.18. The van der Waals surface area contributed by atoms with E-state index in [1.165, 1.54) is 0 Å². The molecule has 4 rings (SSSR count). The molecule has 0 aliphatic heterocycles. The van der Waals surface area contributed by atoms with Crippen LogP contribution < -0.4 is 5.32 Å². The number of nitrogens with one attached hydrogen (secondary N) is 1. The number of carbonyl (C=O) groups excluding carboxylic acids is 1. The summed E-state index contributed by atoms with van der Waals surface area (Å²) in [6, 6.07) is 19.0. The topological polar surface area (TPSA) is 42.0 Å². The van der Waals surface area contributed by atoms with E-state index in [-0.39, 0.29) is 5.91 Å². The van der Waals surface area contributed by atoms with E-state index >= 15 is 0 Å². The van der Waals surface area contributed by atoms with Gasteiger partial charge in [-0.3, -0.25) is 4.79 Å². The van der Waals surface area contributed by atoms with Gasteiger partial charge in [-0.15, -0.1) is 0 Å². The van der Waals surface area contributed by atoms with Gasteiger partial charge in [0.2, 0.25) is 0 Å². The molecular formula is C26H22Cl2N2O. The van der Waals surface area contributed by atoms with Gasteiger partial charge in [-0.1, -0.05) is 60.0 Å². The summed E-state index contributed by atoms with van der Waals surface area (Å²) in [5, 5.41) is 4.95. The minimum atomic E-state index is -0.176. The molecule has 3 nitrogen and oxygen atoms in total. The number of hydrogen-bond acceptors (Lipinski definition) is 2. The first kappa shape index (κ1) is 21.4.